The SMILES string of the molecule is [Si]C1NCCO1. The molecule has 0 amide bonds. The second kappa shape index (κ2) is 1.73. The second-order valence-electron chi connectivity index (χ2n) is 1.20. The quantitative estimate of drug-likeness (QED) is 0.397. The minimum Gasteiger partial charge on any atom is -0.367 e. The Balaban J connectivity index is 2.18. The third kappa shape index (κ3) is 0.799. The molecule has 0 aromatic carbocycles. The first-order chi connectivity index (χ1) is 2.89. The molecule has 1 atom stereocenters. The highest BCUT2D eigenvalue weighted by Gasteiger charge is 2.05. The minimum atomic E-state index is 0.102. The molecule has 1 N–H and O–H groups in total. The van der Waals surface area contributed by atoms with Crippen LogP contribution in [-0.2, 0) is 4.74 Å². The van der Waals surface area contributed by atoms with Gasteiger partial charge in [0.05, 0.1) is 22.7 Å². The second-order valence-corrected chi connectivity index (χ2v) is 1.73. The van der Waals surface area contributed by atoms with Gasteiger partial charge in [-0.15, -0.1) is 0 Å². The van der Waals surface area contributed by atoms with Gasteiger partial charge in [0.15, 0.2) is 0 Å². The number of hydrogen-bond acceptors (Lipinski definition) is 2. The lowest BCUT2D eigenvalue weighted by Gasteiger charge is -1.95. The van der Waals surface area contributed by atoms with Crippen molar-refractivity contribution in [2.45, 2.75) is 5.85 Å². The van der Waals surface area contributed by atoms with E-state index in [1.54, 1.807) is 0 Å². The molecule has 1 rings (SSSR count). The molecular weight excluding hydrogens is 94.1 g/mol. The Kier molecular flexibility index (Phi) is 1.24. The van der Waals surface area contributed by atoms with E-state index in [0.29, 0.717) is 0 Å². The predicted octanol–water partition coefficient (Wildman–Crippen LogP) is -0.942. The molecule has 3 radical (unpaired) electrons. The van der Waals surface area contributed by atoms with Crippen LogP contribution in [0.25, 0.3) is 0 Å². The van der Waals surface area contributed by atoms with Crippen molar-refractivity contribution in [1.82, 2.24) is 5.32 Å². The Morgan fingerprint density at radius 2 is 2.67 bits per heavy atom. The Morgan fingerprint density at radius 1 is 1.83 bits per heavy atom. The molecule has 1 aliphatic heterocycles. The van der Waals surface area contributed by atoms with Crippen LogP contribution in [0, 0.1) is 0 Å². The van der Waals surface area contributed by atoms with Gasteiger partial charge in [-0.25, -0.2) is 0 Å². The first kappa shape index (κ1) is 4.30. The van der Waals surface area contributed by atoms with Crippen molar-refractivity contribution in [1.29, 1.82) is 0 Å². The van der Waals surface area contributed by atoms with Gasteiger partial charge in [-0.3, -0.25) is 5.32 Å². The minimum absolute atomic E-state index is 0.102. The molecular formula is C3H6NOSi. The molecule has 3 heteroatoms. The Morgan fingerprint density at radius 3 is 2.83 bits per heavy atom. The third-order valence-electron chi connectivity index (χ3n) is 0.716. The first-order valence-electron chi connectivity index (χ1n) is 1.96. The number of hydrogen-bond donors (Lipinski definition) is 1. The lowest BCUT2D eigenvalue weighted by Crippen LogP contribution is -2.21. The van der Waals surface area contributed by atoms with Crippen LogP contribution in [0.1, 0.15) is 0 Å². The van der Waals surface area contributed by atoms with Crippen molar-refractivity contribution < 1.29 is 4.74 Å². The zero-order valence-corrected chi connectivity index (χ0v) is 4.40. The van der Waals surface area contributed by atoms with Gasteiger partial charge in [0.2, 0.25) is 0 Å². The van der Waals surface area contributed by atoms with Crippen molar-refractivity contribution in [3.63, 3.8) is 0 Å². The van der Waals surface area contributed by atoms with Gasteiger partial charge in [-0.2, -0.15) is 0 Å². The van der Waals surface area contributed by atoms with E-state index in [9.17, 15) is 0 Å². The molecule has 0 bridgehead atoms. The van der Waals surface area contributed by atoms with Crippen LogP contribution in [0.3, 0.4) is 0 Å². The molecule has 0 aliphatic carbocycles. The average molecular weight is 100 g/mol. The van der Waals surface area contributed by atoms with Gasteiger partial charge in [-0.05, 0) is 0 Å². The Hall–Kier alpha value is 0.137. The first-order valence-corrected chi connectivity index (χ1v) is 2.53. The molecule has 2 nitrogen and oxygen atoms in total. The summed E-state index contributed by atoms with van der Waals surface area (Å²) in [7, 11) is 3.25. The molecule has 1 fully saturated rings. The standard InChI is InChI=1S/C3H6NOSi/c6-3-4-1-2-5-3/h3-4H,1-2H2. The van der Waals surface area contributed by atoms with Crippen LogP contribution in [0.5, 0.6) is 0 Å². The van der Waals surface area contributed by atoms with Gasteiger partial charge in [-0.1, -0.05) is 0 Å². The molecule has 1 saturated heterocycles. The molecule has 1 heterocycles. The largest absolute Gasteiger partial charge is 0.367 e. The number of rotatable bonds is 0. The summed E-state index contributed by atoms with van der Waals surface area (Å²) in [6.07, 6.45) is 0. The Labute approximate surface area is 40.3 Å². The molecule has 1 unspecified atom stereocenters. The van der Waals surface area contributed by atoms with E-state index in [1.165, 1.54) is 0 Å². The lowest BCUT2D eigenvalue weighted by molar-refractivity contribution is 0.162. The van der Waals surface area contributed by atoms with Crippen molar-refractivity contribution in [3.05, 3.63) is 0 Å². The van der Waals surface area contributed by atoms with Gasteiger partial charge < -0.3 is 4.74 Å². The maximum Gasteiger partial charge on any atom is 0.0881 e. The fraction of sp³-hybridized carbons (Fsp3) is 1.00. The van der Waals surface area contributed by atoms with E-state index < -0.39 is 0 Å². The van der Waals surface area contributed by atoms with Crippen molar-refractivity contribution in [2.75, 3.05) is 13.2 Å². The molecule has 6 heavy (non-hydrogen) atoms. The highest BCUT2D eigenvalue weighted by molar-refractivity contribution is 6.10. The van der Waals surface area contributed by atoms with Crippen LogP contribution in [0.4, 0.5) is 0 Å². The molecule has 1 aliphatic rings. The fourth-order valence-electron chi connectivity index (χ4n) is 0.426. The van der Waals surface area contributed by atoms with Crippen molar-refractivity contribution >= 4 is 10.2 Å². The van der Waals surface area contributed by atoms with E-state index in [-0.39, 0.29) is 5.85 Å². The summed E-state index contributed by atoms with van der Waals surface area (Å²) in [6, 6.07) is 0. The fourth-order valence-corrected chi connectivity index (χ4v) is 0.688. The van der Waals surface area contributed by atoms with Crippen LogP contribution in [-0.4, -0.2) is 29.2 Å². The molecule has 33 valence electrons. The Bertz CT molecular complexity index is 44.1. The highest BCUT2D eigenvalue weighted by Crippen LogP contribution is 1.86. The summed E-state index contributed by atoms with van der Waals surface area (Å²) in [5, 5.41) is 3.01. The van der Waals surface area contributed by atoms with Gasteiger partial charge in [0.25, 0.3) is 0 Å². The van der Waals surface area contributed by atoms with E-state index in [0.717, 1.165) is 13.2 Å². The van der Waals surface area contributed by atoms with Crippen LogP contribution >= 0.6 is 0 Å². The summed E-state index contributed by atoms with van der Waals surface area (Å²) >= 11 is 0. The number of ether oxygens (including phenoxy) is 1. The summed E-state index contributed by atoms with van der Waals surface area (Å²) in [5.74, 6) is 0.102. The zero-order valence-electron chi connectivity index (χ0n) is 3.40. The van der Waals surface area contributed by atoms with E-state index in [1.807, 2.05) is 0 Å². The van der Waals surface area contributed by atoms with E-state index in [2.05, 4.69) is 15.6 Å². The monoisotopic (exact) mass is 100 g/mol. The molecule has 0 spiro atoms. The maximum atomic E-state index is 4.96. The maximum absolute atomic E-state index is 4.96. The van der Waals surface area contributed by atoms with Gasteiger partial charge in [0.1, 0.15) is 0 Å². The molecule has 0 aromatic heterocycles. The summed E-state index contributed by atoms with van der Waals surface area (Å²) in [6.45, 7) is 1.79. The van der Waals surface area contributed by atoms with Crippen LogP contribution in [0.15, 0.2) is 0 Å². The lowest BCUT2D eigenvalue weighted by atomic mass is 10.7. The topological polar surface area (TPSA) is 21.3 Å². The van der Waals surface area contributed by atoms with Crippen LogP contribution < -0.4 is 5.32 Å². The normalized spacial score (nSPS) is 34.5. The number of nitrogens with one attached hydrogen (secondary N) is 1. The summed E-state index contributed by atoms with van der Waals surface area (Å²) < 4.78 is 4.96. The van der Waals surface area contributed by atoms with Gasteiger partial charge in [0, 0.05) is 6.54 Å². The van der Waals surface area contributed by atoms with Gasteiger partial charge >= 0.3 is 0 Å². The highest BCUT2D eigenvalue weighted by atomic mass is 28.1. The van der Waals surface area contributed by atoms with E-state index in [4.69, 9.17) is 4.74 Å². The third-order valence-corrected chi connectivity index (χ3v) is 1.09. The predicted molar refractivity (Wildman–Crippen MR) is 23.5 cm³/mol. The van der Waals surface area contributed by atoms with Crippen molar-refractivity contribution in [3.8, 4) is 0 Å². The smallest absolute Gasteiger partial charge is 0.0881 e. The molecule has 0 aromatic rings. The van der Waals surface area contributed by atoms with Crippen LogP contribution in [0.2, 0.25) is 0 Å². The molecule has 0 saturated carbocycles. The summed E-state index contributed by atoms with van der Waals surface area (Å²) in [5.41, 5.74) is 0. The zero-order chi connectivity index (χ0) is 4.41. The van der Waals surface area contributed by atoms with Crippen molar-refractivity contribution in [2.24, 2.45) is 0 Å². The van der Waals surface area contributed by atoms with E-state index >= 15 is 0 Å². The average Bonchev–Trinajstić information content (AvgIpc) is 1.86. The summed E-state index contributed by atoms with van der Waals surface area (Å²) in [4.78, 5) is 0.